The maximum atomic E-state index is 12.2. The van der Waals surface area contributed by atoms with Crippen LogP contribution in [-0.2, 0) is 9.53 Å². The summed E-state index contributed by atoms with van der Waals surface area (Å²) in [7, 11) is 0. The van der Waals surface area contributed by atoms with Crippen molar-refractivity contribution in [2.45, 2.75) is 49.3 Å². The lowest BCUT2D eigenvalue weighted by molar-refractivity contribution is -0.122. The predicted molar refractivity (Wildman–Crippen MR) is 75.2 cm³/mol. The molecule has 2 bridgehead atoms. The van der Waals surface area contributed by atoms with Crippen molar-refractivity contribution in [3.63, 3.8) is 0 Å². The fourth-order valence-electron chi connectivity index (χ4n) is 4.10. The minimum absolute atomic E-state index is 0.0615. The molecule has 0 aromatic rings. The van der Waals surface area contributed by atoms with Gasteiger partial charge in [-0.25, -0.2) is 0 Å². The van der Waals surface area contributed by atoms with Crippen LogP contribution in [0.15, 0.2) is 4.99 Å². The molecule has 2 heterocycles. The summed E-state index contributed by atoms with van der Waals surface area (Å²) in [6, 6.07) is 0.563. The van der Waals surface area contributed by atoms with Crippen molar-refractivity contribution in [1.82, 2.24) is 5.32 Å². The standard InChI is InChI=1S/C14H20N2O2S/c17-12-14(3-5-18-6-4-14)19-13(16-12)15-11-8-9-1-2-10(11)7-9/h9-11H,1-8H2,(H,15,16,17)/t9-,10-,11-/m0/s1. The summed E-state index contributed by atoms with van der Waals surface area (Å²) in [6.45, 7) is 1.38. The number of rotatable bonds is 1. The average molecular weight is 280 g/mol. The SMILES string of the molecule is O=C1N=C(N[C@H]2C[C@H]3CC[C@H]2C3)SC12CCOCC2. The van der Waals surface area contributed by atoms with Gasteiger partial charge in [-0.1, -0.05) is 18.2 Å². The van der Waals surface area contributed by atoms with Crippen molar-refractivity contribution < 1.29 is 9.53 Å². The number of amides is 1. The average Bonchev–Trinajstić information content (AvgIpc) is 3.08. The van der Waals surface area contributed by atoms with Gasteiger partial charge < -0.3 is 10.1 Å². The molecule has 1 saturated heterocycles. The third-order valence-corrected chi connectivity index (χ3v) is 6.61. The molecule has 3 fully saturated rings. The fourth-order valence-corrected chi connectivity index (χ4v) is 5.32. The first-order valence-electron chi connectivity index (χ1n) is 7.42. The molecule has 19 heavy (non-hydrogen) atoms. The van der Waals surface area contributed by atoms with Crippen LogP contribution in [0.1, 0.15) is 38.5 Å². The van der Waals surface area contributed by atoms with Crippen LogP contribution in [0.2, 0.25) is 0 Å². The van der Waals surface area contributed by atoms with Crippen molar-refractivity contribution in [3.05, 3.63) is 0 Å². The van der Waals surface area contributed by atoms with Crippen molar-refractivity contribution in [2.75, 3.05) is 13.2 Å². The minimum atomic E-state index is -0.307. The normalized spacial score (nSPS) is 39.9. The smallest absolute Gasteiger partial charge is 0.264 e. The Hall–Kier alpha value is -0.550. The van der Waals surface area contributed by atoms with E-state index in [0.29, 0.717) is 19.3 Å². The number of nitrogens with one attached hydrogen (secondary N) is 1. The van der Waals surface area contributed by atoms with Gasteiger partial charge in [0.2, 0.25) is 0 Å². The number of fused-ring (bicyclic) bond motifs is 2. The van der Waals surface area contributed by atoms with Gasteiger partial charge in [-0.2, -0.15) is 4.99 Å². The Labute approximate surface area is 117 Å². The molecule has 3 atom stereocenters. The van der Waals surface area contributed by atoms with Gasteiger partial charge in [0.05, 0.1) is 0 Å². The molecule has 1 N–H and O–H groups in total. The van der Waals surface area contributed by atoms with Crippen molar-refractivity contribution in [3.8, 4) is 0 Å². The summed E-state index contributed by atoms with van der Waals surface area (Å²) in [5.74, 6) is 1.79. The van der Waals surface area contributed by atoms with Gasteiger partial charge >= 0.3 is 0 Å². The second-order valence-electron chi connectivity index (χ2n) is 6.36. The van der Waals surface area contributed by atoms with E-state index in [9.17, 15) is 4.79 Å². The number of ether oxygens (including phenoxy) is 1. The Kier molecular flexibility index (Phi) is 2.88. The van der Waals surface area contributed by atoms with Crippen LogP contribution in [0.3, 0.4) is 0 Å². The lowest BCUT2D eigenvalue weighted by atomic mass is 9.96. The number of carbonyl (C=O) groups is 1. The van der Waals surface area contributed by atoms with Crippen molar-refractivity contribution >= 4 is 22.8 Å². The topological polar surface area (TPSA) is 50.7 Å². The first-order chi connectivity index (χ1) is 9.25. The van der Waals surface area contributed by atoms with Gasteiger partial charge in [0, 0.05) is 19.3 Å². The highest BCUT2D eigenvalue weighted by atomic mass is 32.2. The summed E-state index contributed by atoms with van der Waals surface area (Å²) < 4.78 is 5.07. The lowest BCUT2D eigenvalue weighted by Crippen LogP contribution is -2.40. The second-order valence-corrected chi connectivity index (χ2v) is 7.73. The number of aliphatic imine (C=N–C) groups is 1. The molecule has 104 valence electrons. The molecule has 0 unspecified atom stereocenters. The van der Waals surface area contributed by atoms with Crippen molar-refractivity contribution in [2.24, 2.45) is 16.8 Å². The molecule has 4 rings (SSSR count). The first kappa shape index (κ1) is 12.2. The summed E-state index contributed by atoms with van der Waals surface area (Å²) in [6.07, 6.45) is 7.02. The molecule has 0 aromatic carbocycles. The molecule has 2 saturated carbocycles. The van der Waals surface area contributed by atoms with E-state index in [1.54, 1.807) is 11.8 Å². The van der Waals surface area contributed by atoms with Crippen LogP contribution >= 0.6 is 11.8 Å². The molecule has 2 aliphatic heterocycles. The third kappa shape index (κ3) is 2.02. The van der Waals surface area contributed by atoms with E-state index in [1.807, 2.05) is 0 Å². The summed E-state index contributed by atoms with van der Waals surface area (Å²) in [5, 5.41) is 4.44. The lowest BCUT2D eigenvalue weighted by Gasteiger charge is -2.30. The fraction of sp³-hybridized carbons (Fsp3) is 0.857. The zero-order valence-corrected chi connectivity index (χ0v) is 11.9. The molecule has 4 nitrogen and oxygen atoms in total. The van der Waals surface area contributed by atoms with Gasteiger partial charge in [-0.15, -0.1) is 0 Å². The Balaban J connectivity index is 1.43. The molecular formula is C14H20N2O2S. The summed E-state index contributed by atoms with van der Waals surface area (Å²) in [5.41, 5.74) is 0. The zero-order valence-electron chi connectivity index (χ0n) is 11.1. The number of hydrogen-bond acceptors (Lipinski definition) is 4. The zero-order chi connectivity index (χ0) is 12.9. The monoisotopic (exact) mass is 280 g/mol. The van der Waals surface area contributed by atoms with Gasteiger partial charge in [0.1, 0.15) is 4.75 Å². The van der Waals surface area contributed by atoms with Gasteiger partial charge in [-0.05, 0) is 43.9 Å². The Morgan fingerprint density at radius 1 is 1.26 bits per heavy atom. The quantitative estimate of drug-likeness (QED) is 0.797. The number of thioether (sulfide) groups is 1. The third-order valence-electron chi connectivity index (χ3n) is 5.23. The van der Waals surface area contributed by atoms with E-state index in [-0.39, 0.29) is 10.7 Å². The number of nitrogens with zero attached hydrogens (tertiary/aromatic N) is 1. The summed E-state index contributed by atoms with van der Waals surface area (Å²) in [4.78, 5) is 16.5. The molecule has 4 aliphatic rings. The van der Waals surface area contributed by atoms with Crippen LogP contribution in [-0.4, -0.2) is 35.1 Å². The minimum Gasteiger partial charge on any atom is -0.381 e. The van der Waals surface area contributed by atoms with Crippen LogP contribution in [0.4, 0.5) is 0 Å². The predicted octanol–water partition coefficient (Wildman–Crippen LogP) is 1.94. The molecule has 5 heteroatoms. The number of amidine groups is 1. The van der Waals surface area contributed by atoms with E-state index in [2.05, 4.69) is 10.3 Å². The molecule has 1 amide bonds. The van der Waals surface area contributed by atoms with Crippen LogP contribution in [0, 0.1) is 11.8 Å². The van der Waals surface area contributed by atoms with E-state index in [1.165, 1.54) is 25.7 Å². The maximum Gasteiger partial charge on any atom is 0.264 e. The Bertz CT molecular complexity index is 431. The Morgan fingerprint density at radius 3 is 2.79 bits per heavy atom. The van der Waals surface area contributed by atoms with E-state index < -0.39 is 0 Å². The van der Waals surface area contributed by atoms with Crippen molar-refractivity contribution in [1.29, 1.82) is 0 Å². The largest absolute Gasteiger partial charge is 0.381 e. The summed E-state index contributed by atoms with van der Waals surface area (Å²) >= 11 is 1.67. The number of hydrogen-bond donors (Lipinski definition) is 1. The van der Waals surface area contributed by atoms with Gasteiger partial charge in [-0.3, -0.25) is 4.79 Å². The highest BCUT2D eigenvalue weighted by Crippen LogP contribution is 2.46. The molecule has 2 aliphatic carbocycles. The van der Waals surface area contributed by atoms with E-state index in [4.69, 9.17) is 4.74 Å². The van der Waals surface area contributed by atoms with Crippen LogP contribution in [0.25, 0.3) is 0 Å². The molecule has 0 aromatic heterocycles. The van der Waals surface area contributed by atoms with Crippen LogP contribution in [0.5, 0.6) is 0 Å². The highest BCUT2D eigenvalue weighted by Gasteiger charge is 2.48. The highest BCUT2D eigenvalue weighted by molar-refractivity contribution is 8.16. The molecular weight excluding hydrogens is 260 g/mol. The van der Waals surface area contributed by atoms with Crippen LogP contribution < -0.4 is 5.32 Å². The first-order valence-corrected chi connectivity index (χ1v) is 8.23. The van der Waals surface area contributed by atoms with E-state index >= 15 is 0 Å². The van der Waals surface area contributed by atoms with Gasteiger partial charge in [0.25, 0.3) is 5.91 Å². The maximum absolute atomic E-state index is 12.2. The Morgan fingerprint density at radius 2 is 2.11 bits per heavy atom. The number of carbonyl (C=O) groups excluding carboxylic acids is 1. The van der Waals surface area contributed by atoms with E-state index in [0.717, 1.165) is 29.8 Å². The second kappa shape index (κ2) is 4.48. The molecule has 1 spiro atoms. The molecule has 0 radical (unpaired) electrons. The van der Waals surface area contributed by atoms with Gasteiger partial charge in [0.15, 0.2) is 5.17 Å².